The summed E-state index contributed by atoms with van der Waals surface area (Å²) in [6, 6.07) is 15.1. The van der Waals surface area contributed by atoms with Crippen LogP contribution in [-0.2, 0) is 11.2 Å². The first kappa shape index (κ1) is 21.3. The molecular formula is C24H20FN7O2. The van der Waals surface area contributed by atoms with E-state index in [1.54, 1.807) is 29.8 Å². The largest absolute Gasteiger partial charge is 0.310 e. The van der Waals surface area contributed by atoms with Gasteiger partial charge >= 0.3 is 0 Å². The van der Waals surface area contributed by atoms with E-state index in [0.717, 1.165) is 11.3 Å². The van der Waals surface area contributed by atoms with E-state index in [4.69, 9.17) is 0 Å². The number of halogens is 1. The van der Waals surface area contributed by atoms with Crippen molar-refractivity contribution in [3.05, 3.63) is 93.8 Å². The second-order valence-corrected chi connectivity index (χ2v) is 7.95. The van der Waals surface area contributed by atoms with Gasteiger partial charge in [-0.1, -0.05) is 29.8 Å². The molecule has 0 fully saturated rings. The molecule has 5 aromatic rings. The van der Waals surface area contributed by atoms with Gasteiger partial charge in [-0.2, -0.15) is 19.9 Å². The lowest BCUT2D eigenvalue weighted by Gasteiger charge is -2.09. The zero-order valence-corrected chi connectivity index (χ0v) is 18.4. The number of amides is 1. The number of aromatic nitrogens is 6. The Morgan fingerprint density at radius 3 is 2.53 bits per heavy atom. The number of benzene rings is 2. The van der Waals surface area contributed by atoms with Gasteiger partial charge in [0.05, 0.1) is 24.0 Å². The molecule has 0 bridgehead atoms. The summed E-state index contributed by atoms with van der Waals surface area (Å²) < 4.78 is 16.1. The molecule has 0 radical (unpaired) electrons. The molecule has 0 aliphatic rings. The minimum Gasteiger partial charge on any atom is -0.310 e. The molecule has 0 atom stereocenters. The fourth-order valence-electron chi connectivity index (χ4n) is 3.61. The minimum absolute atomic E-state index is 0.0493. The number of hydrogen-bond donors (Lipinski definition) is 2. The van der Waals surface area contributed by atoms with Crippen molar-refractivity contribution >= 4 is 22.8 Å². The standard InChI is InChI=1S/C24H20FN7O2/c1-14-3-9-18(10-4-14)31-22-19(13-26-31)23(34)29-24(28-22)32-20(11-15(2)30-32)27-21(33)12-16-5-7-17(25)8-6-16/h3-11,13H,12H2,1-2H3,(H,27,33)(H,28,29,34). The van der Waals surface area contributed by atoms with Crippen molar-refractivity contribution in [3.63, 3.8) is 0 Å². The highest BCUT2D eigenvalue weighted by molar-refractivity contribution is 5.91. The van der Waals surface area contributed by atoms with Crippen LogP contribution in [0.3, 0.4) is 0 Å². The van der Waals surface area contributed by atoms with Crippen LogP contribution in [0, 0.1) is 19.7 Å². The maximum Gasteiger partial charge on any atom is 0.263 e. The van der Waals surface area contributed by atoms with Gasteiger partial charge in [0.1, 0.15) is 17.0 Å². The number of aryl methyl sites for hydroxylation is 2. The van der Waals surface area contributed by atoms with E-state index in [-0.39, 0.29) is 29.7 Å². The van der Waals surface area contributed by atoms with Gasteiger partial charge in [0.15, 0.2) is 5.65 Å². The van der Waals surface area contributed by atoms with Crippen LogP contribution in [0.25, 0.3) is 22.7 Å². The normalized spacial score (nSPS) is 11.1. The Morgan fingerprint density at radius 1 is 1.06 bits per heavy atom. The van der Waals surface area contributed by atoms with Gasteiger partial charge in [-0.3, -0.25) is 14.6 Å². The number of carbonyl (C=O) groups is 1. The lowest BCUT2D eigenvalue weighted by molar-refractivity contribution is -0.115. The molecule has 10 heteroatoms. The van der Waals surface area contributed by atoms with E-state index < -0.39 is 0 Å². The molecule has 2 aromatic carbocycles. The van der Waals surface area contributed by atoms with Gasteiger partial charge < -0.3 is 5.32 Å². The molecule has 0 spiro atoms. The van der Waals surface area contributed by atoms with Crippen LogP contribution in [0.1, 0.15) is 16.8 Å². The van der Waals surface area contributed by atoms with Crippen LogP contribution in [0.5, 0.6) is 0 Å². The van der Waals surface area contributed by atoms with E-state index in [9.17, 15) is 14.0 Å². The first-order chi connectivity index (χ1) is 16.4. The van der Waals surface area contributed by atoms with Gasteiger partial charge in [-0.25, -0.2) is 9.07 Å². The SMILES string of the molecule is Cc1ccc(-n2ncc3c(=O)[nH]c(-n4nc(C)cc4NC(=O)Cc4ccc(F)cc4)nc32)cc1. The van der Waals surface area contributed by atoms with Crippen LogP contribution < -0.4 is 10.9 Å². The monoisotopic (exact) mass is 457 g/mol. The molecular weight excluding hydrogens is 437 g/mol. The summed E-state index contributed by atoms with van der Waals surface area (Å²) in [5.41, 5.74) is 3.12. The van der Waals surface area contributed by atoms with E-state index in [0.29, 0.717) is 28.1 Å². The highest BCUT2D eigenvalue weighted by atomic mass is 19.1. The smallest absolute Gasteiger partial charge is 0.263 e. The molecule has 1 amide bonds. The van der Waals surface area contributed by atoms with Crippen molar-refractivity contribution < 1.29 is 9.18 Å². The molecule has 9 nitrogen and oxygen atoms in total. The summed E-state index contributed by atoms with van der Waals surface area (Å²) in [4.78, 5) is 32.7. The fourth-order valence-corrected chi connectivity index (χ4v) is 3.61. The highest BCUT2D eigenvalue weighted by Gasteiger charge is 2.17. The second kappa shape index (κ2) is 8.39. The Hall–Kier alpha value is -4.60. The molecule has 34 heavy (non-hydrogen) atoms. The lowest BCUT2D eigenvalue weighted by atomic mass is 10.1. The van der Waals surface area contributed by atoms with E-state index in [1.165, 1.54) is 23.0 Å². The Morgan fingerprint density at radius 2 is 1.79 bits per heavy atom. The van der Waals surface area contributed by atoms with Crippen molar-refractivity contribution in [2.24, 2.45) is 0 Å². The molecule has 3 aromatic heterocycles. The quantitative estimate of drug-likeness (QED) is 0.421. The number of carbonyl (C=O) groups excluding carboxylic acids is 1. The number of hydrogen-bond acceptors (Lipinski definition) is 5. The zero-order chi connectivity index (χ0) is 23.8. The van der Waals surface area contributed by atoms with Gasteiger partial charge in [0.25, 0.3) is 5.56 Å². The van der Waals surface area contributed by atoms with Crippen molar-refractivity contribution in [3.8, 4) is 11.6 Å². The van der Waals surface area contributed by atoms with Gasteiger partial charge in [0.2, 0.25) is 11.9 Å². The maximum atomic E-state index is 13.1. The predicted molar refractivity (Wildman–Crippen MR) is 125 cm³/mol. The average molecular weight is 457 g/mol. The van der Waals surface area contributed by atoms with E-state index >= 15 is 0 Å². The van der Waals surface area contributed by atoms with E-state index in [1.807, 2.05) is 31.2 Å². The van der Waals surface area contributed by atoms with Crippen LogP contribution in [0.4, 0.5) is 10.2 Å². The maximum absolute atomic E-state index is 13.1. The zero-order valence-electron chi connectivity index (χ0n) is 18.4. The minimum atomic E-state index is -0.380. The average Bonchev–Trinajstić information content (AvgIpc) is 3.39. The summed E-state index contributed by atoms with van der Waals surface area (Å²) in [6.45, 7) is 3.75. The van der Waals surface area contributed by atoms with Gasteiger partial charge in [-0.15, -0.1) is 0 Å². The van der Waals surface area contributed by atoms with Crippen molar-refractivity contribution in [1.82, 2.24) is 29.5 Å². The summed E-state index contributed by atoms with van der Waals surface area (Å²) in [5.74, 6) is -0.209. The van der Waals surface area contributed by atoms with Gasteiger partial charge in [0, 0.05) is 6.07 Å². The van der Waals surface area contributed by atoms with Crippen LogP contribution >= 0.6 is 0 Å². The number of fused-ring (bicyclic) bond motifs is 1. The molecule has 0 unspecified atom stereocenters. The van der Waals surface area contributed by atoms with Crippen LogP contribution in [0.2, 0.25) is 0 Å². The molecule has 2 N–H and O–H groups in total. The topological polar surface area (TPSA) is 110 Å². The van der Waals surface area contributed by atoms with Crippen LogP contribution in [0.15, 0.2) is 65.6 Å². The number of anilines is 1. The Bertz CT molecular complexity index is 1560. The summed E-state index contributed by atoms with van der Waals surface area (Å²) >= 11 is 0. The Balaban J connectivity index is 1.51. The third kappa shape index (κ3) is 4.08. The fraction of sp³-hybridized carbons (Fsp3) is 0.125. The van der Waals surface area contributed by atoms with Crippen molar-refractivity contribution in [2.75, 3.05) is 5.32 Å². The number of nitrogens with one attached hydrogen (secondary N) is 2. The molecule has 5 rings (SSSR count). The Labute approximate surface area is 192 Å². The first-order valence-corrected chi connectivity index (χ1v) is 10.5. The highest BCUT2D eigenvalue weighted by Crippen LogP contribution is 2.18. The number of aromatic amines is 1. The van der Waals surface area contributed by atoms with Crippen molar-refractivity contribution in [1.29, 1.82) is 0 Å². The van der Waals surface area contributed by atoms with Crippen molar-refractivity contribution in [2.45, 2.75) is 20.3 Å². The molecule has 3 heterocycles. The van der Waals surface area contributed by atoms with Gasteiger partial charge in [-0.05, 0) is 43.7 Å². The molecule has 0 saturated heterocycles. The number of H-pyrrole nitrogens is 1. The lowest BCUT2D eigenvalue weighted by Crippen LogP contribution is -2.20. The molecule has 170 valence electrons. The molecule has 0 aliphatic carbocycles. The second-order valence-electron chi connectivity index (χ2n) is 7.95. The first-order valence-electron chi connectivity index (χ1n) is 10.5. The third-order valence-corrected chi connectivity index (χ3v) is 5.28. The molecule has 0 saturated carbocycles. The Kier molecular flexibility index (Phi) is 5.25. The van der Waals surface area contributed by atoms with Crippen LogP contribution in [-0.4, -0.2) is 35.4 Å². The third-order valence-electron chi connectivity index (χ3n) is 5.28. The summed E-state index contributed by atoms with van der Waals surface area (Å²) in [5, 5.41) is 11.8. The summed E-state index contributed by atoms with van der Waals surface area (Å²) in [7, 11) is 0. The number of nitrogens with zero attached hydrogens (tertiary/aromatic N) is 5. The molecule has 0 aliphatic heterocycles. The predicted octanol–water partition coefficient (Wildman–Crippen LogP) is 3.23. The van der Waals surface area contributed by atoms with E-state index in [2.05, 4.69) is 25.5 Å². The number of rotatable bonds is 5. The summed E-state index contributed by atoms with van der Waals surface area (Å²) in [6.07, 6.45) is 1.51.